The Bertz CT molecular complexity index is 781. The van der Waals surface area contributed by atoms with Gasteiger partial charge in [0, 0.05) is 6.04 Å². The van der Waals surface area contributed by atoms with Gasteiger partial charge in [0.05, 0.1) is 10.6 Å². The molecule has 2 N–H and O–H groups in total. The lowest BCUT2D eigenvalue weighted by Gasteiger charge is -2.59. The van der Waals surface area contributed by atoms with Gasteiger partial charge in [0.25, 0.3) is 0 Å². The quantitative estimate of drug-likeness (QED) is 0.705. The minimum Gasteiger partial charge on any atom is -0.352 e. The summed E-state index contributed by atoms with van der Waals surface area (Å²) in [5, 5.41) is 13.2. The average Bonchev–Trinajstić information content (AvgIpc) is 3.30. The van der Waals surface area contributed by atoms with Gasteiger partial charge in [-0.3, -0.25) is 9.89 Å². The van der Waals surface area contributed by atoms with E-state index in [1.165, 1.54) is 50.3 Å². The molecule has 1 unspecified atom stereocenters. The van der Waals surface area contributed by atoms with Crippen LogP contribution in [0.2, 0.25) is 0 Å². The number of carbonyl (C=O) groups excluding carboxylic acids is 1. The van der Waals surface area contributed by atoms with Crippen molar-refractivity contribution in [3.8, 4) is 10.7 Å². The Morgan fingerprint density at radius 1 is 1.33 bits per heavy atom. The molecule has 4 aliphatic carbocycles. The molecule has 5 nitrogen and oxygen atoms in total. The van der Waals surface area contributed by atoms with E-state index in [9.17, 15) is 4.79 Å². The summed E-state index contributed by atoms with van der Waals surface area (Å²) >= 11 is 3.03. The maximum atomic E-state index is 12.6. The van der Waals surface area contributed by atoms with Crippen LogP contribution in [-0.4, -0.2) is 32.9 Å². The van der Waals surface area contributed by atoms with E-state index in [-0.39, 0.29) is 11.9 Å². The monoisotopic (exact) mass is 402 g/mol. The largest absolute Gasteiger partial charge is 0.352 e. The molecular weight excluding hydrogens is 376 g/mol. The molecule has 4 aliphatic rings. The lowest BCUT2D eigenvalue weighted by atomic mass is 9.48. The van der Waals surface area contributed by atoms with Crippen molar-refractivity contribution >= 4 is 29.0 Å². The number of H-pyrrole nitrogens is 1. The number of rotatable bonds is 6. The zero-order chi connectivity index (χ0) is 18.4. The molecule has 144 valence electrons. The molecule has 2 aromatic heterocycles. The minimum atomic E-state index is 0.103. The molecule has 2 aromatic rings. The Balaban J connectivity index is 1.17. The molecule has 27 heavy (non-hydrogen) atoms. The van der Waals surface area contributed by atoms with E-state index >= 15 is 0 Å². The van der Waals surface area contributed by atoms with Gasteiger partial charge in [-0.2, -0.15) is 0 Å². The van der Waals surface area contributed by atoms with E-state index in [0.29, 0.717) is 16.3 Å². The van der Waals surface area contributed by atoms with Gasteiger partial charge in [-0.1, -0.05) is 17.8 Å². The second kappa shape index (κ2) is 6.92. The average molecular weight is 403 g/mol. The molecular formula is C20H26N4OS2. The molecule has 1 amide bonds. The van der Waals surface area contributed by atoms with Gasteiger partial charge in [-0.15, -0.1) is 16.4 Å². The van der Waals surface area contributed by atoms with Gasteiger partial charge in [0.1, 0.15) is 0 Å². The summed E-state index contributed by atoms with van der Waals surface area (Å²) < 4.78 is 0. The van der Waals surface area contributed by atoms with Crippen LogP contribution in [0.25, 0.3) is 10.7 Å². The second-order valence-electron chi connectivity index (χ2n) is 8.80. The van der Waals surface area contributed by atoms with Crippen molar-refractivity contribution in [3.05, 3.63) is 17.5 Å². The summed E-state index contributed by atoms with van der Waals surface area (Å²) in [5.74, 6) is 3.98. The Morgan fingerprint density at radius 2 is 2.04 bits per heavy atom. The van der Waals surface area contributed by atoms with Crippen LogP contribution in [0.4, 0.5) is 0 Å². The van der Waals surface area contributed by atoms with Crippen molar-refractivity contribution in [3.63, 3.8) is 0 Å². The first-order valence-corrected chi connectivity index (χ1v) is 11.8. The first kappa shape index (κ1) is 17.7. The van der Waals surface area contributed by atoms with Crippen LogP contribution in [0.1, 0.15) is 45.4 Å². The molecule has 0 spiro atoms. The lowest BCUT2D eigenvalue weighted by Crippen LogP contribution is -2.56. The maximum absolute atomic E-state index is 12.6. The van der Waals surface area contributed by atoms with Crippen LogP contribution in [0.3, 0.4) is 0 Å². The SMILES string of the molecule is CC(NC(=O)CSc1n[nH]c(-c2cccs2)n1)C12CC3CC(CC(C3)C1)C2. The number of nitrogens with zero attached hydrogens (tertiary/aromatic N) is 2. The minimum absolute atomic E-state index is 0.103. The second-order valence-corrected chi connectivity index (χ2v) is 10.7. The van der Waals surface area contributed by atoms with Crippen molar-refractivity contribution in [1.82, 2.24) is 20.5 Å². The Hall–Kier alpha value is -1.34. The third-order valence-electron chi connectivity index (χ3n) is 6.93. The number of thiophene rings is 1. The highest BCUT2D eigenvalue weighted by Gasteiger charge is 2.53. The summed E-state index contributed by atoms with van der Waals surface area (Å²) in [6.45, 7) is 2.23. The predicted molar refractivity (Wildman–Crippen MR) is 109 cm³/mol. The van der Waals surface area contributed by atoms with E-state index in [2.05, 4.69) is 27.4 Å². The maximum Gasteiger partial charge on any atom is 0.230 e. The topological polar surface area (TPSA) is 70.7 Å². The van der Waals surface area contributed by atoms with Gasteiger partial charge in [-0.05, 0) is 80.1 Å². The first-order chi connectivity index (χ1) is 13.1. The highest BCUT2D eigenvalue weighted by molar-refractivity contribution is 7.99. The Labute approximate surface area is 168 Å². The van der Waals surface area contributed by atoms with E-state index in [4.69, 9.17) is 0 Å². The summed E-state index contributed by atoms with van der Waals surface area (Å²) in [6.07, 6.45) is 8.27. The van der Waals surface area contributed by atoms with Crippen molar-refractivity contribution < 1.29 is 4.79 Å². The number of aromatic nitrogens is 3. The molecule has 7 heteroatoms. The molecule has 0 aromatic carbocycles. The van der Waals surface area contributed by atoms with Gasteiger partial charge in [-0.25, -0.2) is 4.98 Å². The number of carbonyl (C=O) groups is 1. The molecule has 4 saturated carbocycles. The normalized spacial score (nSPS) is 32.6. The lowest BCUT2D eigenvalue weighted by molar-refractivity contribution is -0.123. The zero-order valence-corrected chi connectivity index (χ0v) is 17.2. The molecule has 0 radical (unpaired) electrons. The van der Waals surface area contributed by atoms with Crippen molar-refractivity contribution in [1.29, 1.82) is 0 Å². The fourth-order valence-corrected chi connectivity index (χ4v) is 7.38. The van der Waals surface area contributed by atoms with E-state index in [0.717, 1.165) is 28.5 Å². The highest BCUT2D eigenvalue weighted by atomic mass is 32.2. The number of nitrogens with one attached hydrogen (secondary N) is 2. The van der Waals surface area contributed by atoms with Crippen LogP contribution in [-0.2, 0) is 4.79 Å². The van der Waals surface area contributed by atoms with Crippen LogP contribution in [0.5, 0.6) is 0 Å². The predicted octanol–water partition coefficient (Wildman–Crippen LogP) is 4.35. The van der Waals surface area contributed by atoms with Crippen molar-refractivity contribution in [2.75, 3.05) is 5.75 Å². The number of thioether (sulfide) groups is 1. The van der Waals surface area contributed by atoms with Crippen molar-refractivity contribution in [2.45, 2.75) is 56.6 Å². The molecule has 0 aliphatic heterocycles. The van der Waals surface area contributed by atoms with E-state index in [1.54, 1.807) is 11.3 Å². The van der Waals surface area contributed by atoms with E-state index in [1.807, 2.05) is 17.5 Å². The summed E-state index contributed by atoms with van der Waals surface area (Å²) in [5.41, 5.74) is 0.353. The number of aromatic amines is 1. The van der Waals surface area contributed by atoms with Crippen LogP contribution in [0, 0.1) is 23.2 Å². The number of amides is 1. The van der Waals surface area contributed by atoms with Crippen molar-refractivity contribution in [2.24, 2.45) is 23.2 Å². The fraction of sp³-hybridized carbons (Fsp3) is 0.650. The Morgan fingerprint density at radius 3 is 2.67 bits per heavy atom. The zero-order valence-electron chi connectivity index (χ0n) is 15.6. The van der Waals surface area contributed by atoms with Crippen LogP contribution < -0.4 is 5.32 Å². The smallest absolute Gasteiger partial charge is 0.230 e. The molecule has 4 fully saturated rings. The van der Waals surface area contributed by atoms with Crippen LogP contribution in [0.15, 0.2) is 22.7 Å². The molecule has 2 heterocycles. The standard InChI is InChI=1S/C20H26N4OS2/c1-12(20-8-13-5-14(9-20)7-15(6-13)10-20)21-17(25)11-27-19-22-18(23-24-19)16-3-2-4-26-16/h2-4,12-15H,5-11H2,1H3,(H,21,25)(H,22,23,24). The van der Waals surface area contributed by atoms with E-state index < -0.39 is 0 Å². The molecule has 1 atom stereocenters. The van der Waals surface area contributed by atoms with Gasteiger partial charge in [0.2, 0.25) is 11.1 Å². The fourth-order valence-electron chi connectivity index (χ4n) is 6.11. The third kappa shape index (κ3) is 3.44. The van der Waals surface area contributed by atoms with Gasteiger partial charge in [0.15, 0.2) is 5.82 Å². The summed E-state index contributed by atoms with van der Waals surface area (Å²) in [7, 11) is 0. The van der Waals surface area contributed by atoms with Gasteiger partial charge < -0.3 is 5.32 Å². The third-order valence-corrected chi connectivity index (χ3v) is 8.66. The molecule has 6 rings (SSSR count). The number of hydrogen-bond acceptors (Lipinski definition) is 5. The number of hydrogen-bond donors (Lipinski definition) is 2. The first-order valence-electron chi connectivity index (χ1n) is 9.98. The molecule has 4 bridgehead atoms. The Kier molecular flexibility index (Phi) is 4.55. The molecule has 0 saturated heterocycles. The highest BCUT2D eigenvalue weighted by Crippen LogP contribution is 2.61. The summed E-state index contributed by atoms with van der Waals surface area (Å²) in [6, 6.07) is 4.28. The summed E-state index contributed by atoms with van der Waals surface area (Å²) in [4.78, 5) is 18.1. The van der Waals surface area contributed by atoms with Crippen LogP contribution >= 0.6 is 23.1 Å². The van der Waals surface area contributed by atoms with Gasteiger partial charge >= 0.3 is 0 Å².